The van der Waals surface area contributed by atoms with E-state index in [1.807, 2.05) is 48.4 Å². The van der Waals surface area contributed by atoms with Crippen LogP contribution in [0.3, 0.4) is 0 Å². The third kappa shape index (κ3) is 6.09. The molecule has 1 unspecified atom stereocenters. The number of nitrogens with one attached hydrogen (secondary N) is 3. The molecule has 188 valence electrons. The molecule has 2 heterocycles. The molecule has 8 nitrogen and oxygen atoms in total. The van der Waals surface area contributed by atoms with Crippen LogP contribution in [0.4, 0.5) is 10.5 Å². The maximum absolute atomic E-state index is 12.9. The summed E-state index contributed by atoms with van der Waals surface area (Å²) in [5.41, 5.74) is 3.89. The molecule has 4 rings (SSSR count). The summed E-state index contributed by atoms with van der Waals surface area (Å²) in [6, 6.07) is 13.7. The van der Waals surface area contributed by atoms with Gasteiger partial charge in [0.25, 0.3) is 0 Å². The van der Waals surface area contributed by atoms with Crippen molar-refractivity contribution >= 4 is 29.4 Å². The number of fused-ring (bicyclic) bond motifs is 1. The Labute approximate surface area is 210 Å². The number of aliphatic hydroxyl groups is 1. The minimum absolute atomic E-state index is 0.0402. The van der Waals surface area contributed by atoms with Crippen molar-refractivity contribution in [1.82, 2.24) is 15.5 Å². The number of carbonyl (C=O) groups excluding carboxylic acids is 2. The van der Waals surface area contributed by atoms with Crippen molar-refractivity contribution in [3.63, 3.8) is 0 Å². The maximum atomic E-state index is 12.9. The second kappa shape index (κ2) is 11.8. The van der Waals surface area contributed by atoms with Gasteiger partial charge in [-0.2, -0.15) is 0 Å². The van der Waals surface area contributed by atoms with Crippen LogP contribution in [0.25, 0.3) is 0 Å². The molecule has 2 aromatic carbocycles. The Hall–Kier alpha value is -2.75. The molecule has 3 atom stereocenters. The SMILES string of the molecule is CCC1OC[C@@H](O)Nc2ccc(CNC(=O)NCC(=O)N3CCC[C@H]3c3ccccc3SC)cc21. The van der Waals surface area contributed by atoms with Crippen LogP contribution in [-0.4, -0.2) is 54.1 Å². The Kier molecular flexibility index (Phi) is 8.54. The number of amides is 3. The fourth-order valence-electron chi connectivity index (χ4n) is 4.81. The van der Waals surface area contributed by atoms with Gasteiger partial charge in [0, 0.05) is 29.2 Å². The van der Waals surface area contributed by atoms with Crippen LogP contribution < -0.4 is 16.0 Å². The minimum atomic E-state index is -0.748. The van der Waals surface area contributed by atoms with Gasteiger partial charge in [0.1, 0.15) is 6.23 Å². The van der Waals surface area contributed by atoms with Gasteiger partial charge in [-0.3, -0.25) is 4.79 Å². The number of urea groups is 1. The van der Waals surface area contributed by atoms with Gasteiger partial charge in [-0.25, -0.2) is 4.79 Å². The first-order valence-electron chi connectivity index (χ1n) is 12.1. The molecular formula is C26H34N4O4S. The van der Waals surface area contributed by atoms with E-state index in [4.69, 9.17) is 4.74 Å². The smallest absolute Gasteiger partial charge is 0.315 e. The van der Waals surface area contributed by atoms with Crippen LogP contribution in [0.5, 0.6) is 0 Å². The number of rotatable bonds is 7. The summed E-state index contributed by atoms with van der Waals surface area (Å²) < 4.78 is 5.78. The summed E-state index contributed by atoms with van der Waals surface area (Å²) in [7, 11) is 0. The number of ether oxygens (including phenoxy) is 1. The number of thioether (sulfide) groups is 1. The van der Waals surface area contributed by atoms with Crippen molar-refractivity contribution in [3.05, 3.63) is 59.2 Å². The summed E-state index contributed by atoms with van der Waals surface area (Å²) in [5.74, 6) is -0.0730. The number of likely N-dealkylation sites (tertiary alicyclic amines) is 1. The highest BCUT2D eigenvalue weighted by Crippen LogP contribution is 2.36. The van der Waals surface area contributed by atoms with Gasteiger partial charge in [-0.1, -0.05) is 31.2 Å². The van der Waals surface area contributed by atoms with Gasteiger partial charge in [0.15, 0.2) is 0 Å². The van der Waals surface area contributed by atoms with E-state index in [1.54, 1.807) is 11.8 Å². The molecule has 0 aliphatic carbocycles. The minimum Gasteiger partial charge on any atom is -0.371 e. The van der Waals surface area contributed by atoms with Crippen molar-refractivity contribution in [2.75, 3.05) is 31.3 Å². The van der Waals surface area contributed by atoms with Gasteiger partial charge < -0.3 is 30.7 Å². The molecule has 9 heteroatoms. The fourth-order valence-corrected chi connectivity index (χ4v) is 5.46. The largest absolute Gasteiger partial charge is 0.371 e. The zero-order chi connectivity index (χ0) is 24.8. The summed E-state index contributed by atoms with van der Waals surface area (Å²) in [6.07, 6.45) is 3.85. The molecule has 0 bridgehead atoms. The van der Waals surface area contributed by atoms with E-state index in [-0.39, 0.29) is 37.2 Å². The Morgan fingerprint density at radius 2 is 2.03 bits per heavy atom. The molecule has 0 spiro atoms. The third-order valence-electron chi connectivity index (χ3n) is 6.54. The number of carbonyl (C=O) groups is 2. The van der Waals surface area contributed by atoms with Crippen molar-refractivity contribution in [1.29, 1.82) is 0 Å². The molecule has 4 N–H and O–H groups in total. The monoisotopic (exact) mass is 498 g/mol. The van der Waals surface area contributed by atoms with Crippen LogP contribution in [0.1, 0.15) is 55.0 Å². The van der Waals surface area contributed by atoms with Crippen molar-refractivity contribution in [3.8, 4) is 0 Å². The number of hydrogen-bond donors (Lipinski definition) is 4. The number of benzene rings is 2. The summed E-state index contributed by atoms with van der Waals surface area (Å²) >= 11 is 1.69. The highest BCUT2D eigenvalue weighted by molar-refractivity contribution is 7.98. The van der Waals surface area contributed by atoms with Gasteiger partial charge in [-0.15, -0.1) is 11.8 Å². The highest BCUT2D eigenvalue weighted by Gasteiger charge is 2.31. The van der Waals surface area contributed by atoms with Crippen LogP contribution in [0.15, 0.2) is 47.4 Å². The molecule has 0 radical (unpaired) electrons. The molecule has 2 aromatic rings. The van der Waals surface area contributed by atoms with Crippen molar-refractivity contribution in [2.24, 2.45) is 0 Å². The molecule has 0 aromatic heterocycles. The molecule has 2 aliphatic rings. The first kappa shape index (κ1) is 25.3. The Morgan fingerprint density at radius 1 is 1.20 bits per heavy atom. The van der Waals surface area contributed by atoms with Crippen LogP contribution in [0, 0.1) is 0 Å². The number of hydrogen-bond acceptors (Lipinski definition) is 6. The number of nitrogens with zero attached hydrogens (tertiary/aromatic N) is 1. The van der Waals surface area contributed by atoms with Gasteiger partial charge in [0.05, 0.1) is 25.3 Å². The third-order valence-corrected chi connectivity index (χ3v) is 7.35. The Morgan fingerprint density at radius 3 is 2.83 bits per heavy atom. The van der Waals surface area contributed by atoms with E-state index in [0.29, 0.717) is 13.1 Å². The molecule has 2 aliphatic heterocycles. The van der Waals surface area contributed by atoms with E-state index in [1.165, 1.54) is 10.5 Å². The van der Waals surface area contributed by atoms with E-state index >= 15 is 0 Å². The second-order valence-electron chi connectivity index (χ2n) is 8.84. The Balaban J connectivity index is 1.31. The molecule has 0 saturated carbocycles. The predicted octanol–water partition coefficient (Wildman–Crippen LogP) is 3.78. The zero-order valence-corrected chi connectivity index (χ0v) is 21.1. The van der Waals surface area contributed by atoms with Gasteiger partial charge in [-0.05, 0) is 54.8 Å². The lowest BCUT2D eigenvalue weighted by Crippen LogP contribution is -2.43. The predicted molar refractivity (Wildman–Crippen MR) is 137 cm³/mol. The molecule has 1 fully saturated rings. The van der Waals surface area contributed by atoms with Crippen molar-refractivity contribution in [2.45, 2.75) is 56.0 Å². The topological polar surface area (TPSA) is 103 Å². The van der Waals surface area contributed by atoms with Crippen LogP contribution in [0.2, 0.25) is 0 Å². The summed E-state index contributed by atoms with van der Waals surface area (Å²) in [4.78, 5) is 28.4. The molecule has 1 saturated heterocycles. The van der Waals surface area contributed by atoms with Crippen LogP contribution in [-0.2, 0) is 16.1 Å². The second-order valence-corrected chi connectivity index (χ2v) is 9.68. The lowest BCUT2D eigenvalue weighted by atomic mass is 10.0. The highest BCUT2D eigenvalue weighted by atomic mass is 32.2. The molecule has 3 amide bonds. The Bertz CT molecular complexity index is 1050. The van der Waals surface area contributed by atoms with E-state index in [0.717, 1.165) is 36.1 Å². The first-order valence-corrected chi connectivity index (χ1v) is 13.4. The van der Waals surface area contributed by atoms with Crippen LogP contribution >= 0.6 is 11.8 Å². The van der Waals surface area contributed by atoms with E-state index < -0.39 is 6.23 Å². The molecule has 35 heavy (non-hydrogen) atoms. The zero-order valence-electron chi connectivity index (χ0n) is 20.3. The van der Waals surface area contributed by atoms with Gasteiger partial charge >= 0.3 is 6.03 Å². The summed E-state index contributed by atoms with van der Waals surface area (Å²) in [5, 5.41) is 18.5. The number of aliphatic hydroxyl groups excluding tert-OH is 1. The molecular weight excluding hydrogens is 464 g/mol. The fraction of sp³-hybridized carbons (Fsp3) is 0.462. The first-order chi connectivity index (χ1) is 17.0. The van der Waals surface area contributed by atoms with E-state index in [2.05, 4.69) is 28.1 Å². The van der Waals surface area contributed by atoms with E-state index in [9.17, 15) is 14.7 Å². The number of anilines is 1. The average molecular weight is 499 g/mol. The van der Waals surface area contributed by atoms with Gasteiger partial charge in [0.2, 0.25) is 5.91 Å². The lowest BCUT2D eigenvalue weighted by molar-refractivity contribution is -0.131. The maximum Gasteiger partial charge on any atom is 0.315 e. The normalized spacial score (nSPS) is 21.6. The lowest BCUT2D eigenvalue weighted by Gasteiger charge is -2.26. The summed E-state index contributed by atoms with van der Waals surface area (Å²) in [6.45, 7) is 3.24. The average Bonchev–Trinajstić information content (AvgIpc) is 3.31. The standard InChI is InChI=1S/C26H34N4O4S/c1-3-22-19-13-17(10-11-20(19)29-24(31)16-34-22)14-27-26(33)28-15-25(32)30-12-6-8-21(30)18-7-4-5-9-23(18)35-2/h4-5,7,9-11,13,21-22,24,29,31H,3,6,8,12,14-16H2,1-2H3,(H2,27,28,33)/t21-,22?,24+/m0/s1. The quantitative estimate of drug-likeness (QED) is 0.433. The van der Waals surface area contributed by atoms with Crippen molar-refractivity contribution < 1.29 is 19.4 Å².